The third-order valence-corrected chi connectivity index (χ3v) is 4.98. The second kappa shape index (κ2) is 12.5. The largest absolute Gasteiger partial charge is 0.493 e. The van der Waals surface area contributed by atoms with E-state index in [0.29, 0.717) is 30.7 Å². The second-order valence-electron chi connectivity index (χ2n) is 7.02. The van der Waals surface area contributed by atoms with Crippen LogP contribution in [0.15, 0.2) is 47.5 Å². The lowest BCUT2D eigenvalue weighted by molar-refractivity contribution is 0.119. The van der Waals surface area contributed by atoms with Gasteiger partial charge in [-0.3, -0.25) is 0 Å². The molecule has 2 N–H and O–H groups in total. The first-order valence-corrected chi connectivity index (χ1v) is 10.2. The van der Waals surface area contributed by atoms with Crippen LogP contribution >= 0.6 is 24.0 Å². The highest BCUT2D eigenvalue weighted by Crippen LogP contribution is 2.28. The normalized spacial score (nSPS) is 13.6. The smallest absolute Gasteiger partial charge is 0.191 e. The van der Waals surface area contributed by atoms with Crippen molar-refractivity contribution in [1.29, 1.82) is 0 Å². The van der Waals surface area contributed by atoms with E-state index in [-0.39, 0.29) is 24.0 Å². The van der Waals surface area contributed by atoms with Gasteiger partial charge >= 0.3 is 0 Å². The fourth-order valence-corrected chi connectivity index (χ4v) is 3.10. The van der Waals surface area contributed by atoms with E-state index in [9.17, 15) is 0 Å². The maximum absolute atomic E-state index is 6.12. The summed E-state index contributed by atoms with van der Waals surface area (Å²) < 4.78 is 16.8. The molecule has 1 saturated carbocycles. The van der Waals surface area contributed by atoms with Crippen molar-refractivity contribution in [2.24, 2.45) is 4.99 Å². The first-order chi connectivity index (χ1) is 14.2. The number of hydrogen-bond acceptors (Lipinski definition) is 4. The lowest BCUT2D eigenvalue weighted by Gasteiger charge is -2.27. The molecular weight excluding hydrogens is 493 g/mol. The van der Waals surface area contributed by atoms with E-state index in [1.54, 1.807) is 14.2 Å². The third-order valence-electron chi connectivity index (χ3n) is 4.98. The Balaban J connectivity index is 0.00000320. The van der Waals surface area contributed by atoms with E-state index in [1.807, 2.05) is 36.4 Å². The summed E-state index contributed by atoms with van der Waals surface area (Å²) >= 11 is 0. The Morgan fingerprint density at radius 3 is 2.43 bits per heavy atom. The van der Waals surface area contributed by atoms with Crippen LogP contribution in [-0.2, 0) is 13.1 Å². The number of rotatable bonds is 9. The van der Waals surface area contributed by atoms with Crippen LogP contribution in [-0.4, -0.2) is 32.8 Å². The molecule has 1 fully saturated rings. The van der Waals surface area contributed by atoms with Crippen molar-refractivity contribution in [3.63, 3.8) is 0 Å². The number of ether oxygens (including phenoxy) is 3. The average molecular weight is 525 g/mol. The molecule has 0 atom stereocenters. The van der Waals surface area contributed by atoms with Gasteiger partial charge < -0.3 is 24.8 Å². The van der Waals surface area contributed by atoms with Gasteiger partial charge in [0.05, 0.1) is 26.9 Å². The van der Waals surface area contributed by atoms with Crippen LogP contribution in [0.4, 0.5) is 0 Å². The Bertz CT molecular complexity index is 825. The van der Waals surface area contributed by atoms with Crippen LogP contribution in [0.3, 0.4) is 0 Å². The molecule has 0 unspecified atom stereocenters. The number of para-hydroxylation sites is 1. The summed E-state index contributed by atoms with van der Waals surface area (Å²) in [6, 6.07) is 14.1. The van der Waals surface area contributed by atoms with Gasteiger partial charge in [0.25, 0.3) is 0 Å². The highest BCUT2D eigenvalue weighted by atomic mass is 127. The highest BCUT2D eigenvalue weighted by Gasteiger charge is 2.20. The Morgan fingerprint density at radius 1 is 1.00 bits per heavy atom. The number of guanidine groups is 1. The minimum Gasteiger partial charge on any atom is -0.493 e. The number of aliphatic imine (C=N–C) groups is 1. The molecule has 2 aromatic carbocycles. The van der Waals surface area contributed by atoms with E-state index in [1.165, 1.54) is 6.42 Å². The molecule has 1 aliphatic rings. The van der Waals surface area contributed by atoms with Crippen molar-refractivity contribution in [3.8, 4) is 17.2 Å². The third kappa shape index (κ3) is 6.68. The lowest BCUT2D eigenvalue weighted by atomic mass is 9.96. The average Bonchev–Trinajstić information content (AvgIpc) is 2.73. The molecule has 3 rings (SSSR count). The molecule has 0 aromatic heterocycles. The summed E-state index contributed by atoms with van der Waals surface area (Å²) in [5, 5.41) is 6.71. The summed E-state index contributed by atoms with van der Waals surface area (Å²) in [7, 11) is 3.27. The zero-order valence-electron chi connectivity index (χ0n) is 17.9. The first-order valence-electron chi connectivity index (χ1n) is 10.2. The van der Waals surface area contributed by atoms with E-state index >= 15 is 0 Å². The van der Waals surface area contributed by atoms with Gasteiger partial charge in [-0.25, -0.2) is 4.99 Å². The van der Waals surface area contributed by atoms with E-state index in [2.05, 4.69) is 23.6 Å². The standard InChI is InChI=1S/C23H31N3O3.HI/c1-4-24-23(25-15-17-12-13-21(27-2)22(14-17)28-3)26-16-18-8-5-6-11-20(18)29-19-9-7-10-19;/h5-6,8,11-14,19H,4,7,9-10,15-16H2,1-3H3,(H2,24,25,26);1H. The van der Waals surface area contributed by atoms with Crippen LogP contribution in [0.5, 0.6) is 17.2 Å². The maximum atomic E-state index is 6.12. The molecule has 164 valence electrons. The van der Waals surface area contributed by atoms with Gasteiger partial charge in [0.1, 0.15) is 5.75 Å². The molecule has 30 heavy (non-hydrogen) atoms. The van der Waals surface area contributed by atoms with Crippen LogP contribution in [0.25, 0.3) is 0 Å². The van der Waals surface area contributed by atoms with E-state index in [0.717, 1.165) is 42.2 Å². The fraction of sp³-hybridized carbons (Fsp3) is 0.435. The number of benzene rings is 2. The van der Waals surface area contributed by atoms with Crippen LogP contribution in [0, 0.1) is 0 Å². The Hall–Kier alpha value is -2.16. The van der Waals surface area contributed by atoms with Crippen molar-refractivity contribution in [2.75, 3.05) is 20.8 Å². The number of halogens is 1. The molecule has 0 bridgehead atoms. The van der Waals surface area contributed by atoms with Gasteiger partial charge in [-0.15, -0.1) is 24.0 Å². The molecule has 2 aromatic rings. The predicted molar refractivity (Wildman–Crippen MR) is 131 cm³/mol. The number of hydrogen-bond donors (Lipinski definition) is 2. The van der Waals surface area contributed by atoms with Crippen molar-refractivity contribution in [3.05, 3.63) is 53.6 Å². The van der Waals surface area contributed by atoms with Crippen molar-refractivity contribution in [1.82, 2.24) is 10.6 Å². The van der Waals surface area contributed by atoms with Crippen LogP contribution in [0.2, 0.25) is 0 Å². The Morgan fingerprint density at radius 2 is 1.77 bits per heavy atom. The topological polar surface area (TPSA) is 64.1 Å². The number of methoxy groups -OCH3 is 2. The quantitative estimate of drug-likeness (QED) is 0.287. The Kier molecular flexibility index (Phi) is 10.1. The predicted octanol–water partition coefficient (Wildman–Crippen LogP) is 4.51. The molecule has 6 nitrogen and oxygen atoms in total. The summed E-state index contributed by atoms with van der Waals surface area (Å²) in [5.74, 6) is 3.15. The number of nitrogens with zero attached hydrogens (tertiary/aromatic N) is 1. The lowest BCUT2D eigenvalue weighted by Crippen LogP contribution is -2.37. The van der Waals surface area contributed by atoms with Crippen molar-refractivity contribution >= 4 is 29.9 Å². The first kappa shape index (κ1) is 24.1. The van der Waals surface area contributed by atoms with Gasteiger partial charge in [-0.1, -0.05) is 24.3 Å². The van der Waals surface area contributed by atoms with Crippen LogP contribution in [0.1, 0.15) is 37.3 Å². The molecule has 1 aliphatic carbocycles. The molecule has 0 spiro atoms. The van der Waals surface area contributed by atoms with Gasteiger partial charge in [-0.2, -0.15) is 0 Å². The highest BCUT2D eigenvalue weighted by molar-refractivity contribution is 14.0. The zero-order valence-corrected chi connectivity index (χ0v) is 20.3. The van der Waals surface area contributed by atoms with Gasteiger partial charge in [-0.05, 0) is 49.9 Å². The molecule has 7 heteroatoms. The summed E-state index contributed by atoms with van der Waals surface area (Å²) in [6.07, 6.45) is 3.93. The zero-order chi connectivity index (χ0) is 20.5. The summed E-state index contributed by atoms with van der Waals surface area (Å²) in [4.78, 5) is 4.70. The fourth-order valence-electron chi connectivity index (χ4n) is 3.10. The van der Waals surface area contributed by atoms with E-state index < -0.39 is 0 Å². The summed E-state index contributed by atoms with van der Waals surface area (Å²) in [5.41, 5.74) is 2.18. The van der Waals surface area contributed by atoms with Crippen molar-refractivity contribution in [2.45, 2.75) is 45.4 Å². The minimum atomic E-state index is 0. The minimum absolute atomic E-state index is 0. The molecule has 0 heterocycles. The van der Waals surface area contributed by atoms with Gasteiger partial charge in [0.15, 0.2) is 17.5 Å². The molecule has 0 amide bonds. The van der Waals surface area contributed by atoms with E-state index in [4.69, 9.17) is 19.2 Å². The molecular formula is C23H32IN3O3. The second-order valence-corrected chi connectivity index (χ2v) is 7.02. The monoisotopic (exact) mass is 525 g/mol. The summed E-state index contributed by atoms with van der Waals surface area (Å²) in [6.45, 7) is 4.04. The molecule has 0 aliphatic heterocycles. The Labute approximate surface area is 196 Å². The molecule has 0 saturated heterocycles. The van der Waals surface area contributed by atoms with Gasteiger partial charge in [0, 0.05) is 18.7 Å². The van der Waals surface area contributed by atoms with Crippen molar-refractivity contribution < 1.29 is 14.2 Å². The van der Waals surface area contributed by atoms with Gasteiger partial charge in [0.2, 0.25) is 0 Å². The SMILES string of the molecule is CCNC(=NCc1ccc(OC)c(OC)c1)NCc1ccccc1OC1CCC1.I. The number of nitrogens with one attached hydrogen (secondary N) is 2. The maximum Gasteiger partial charge on any atom is 0.191 e. The molecule has 0 radical (unpaired) electrons. The van der Waals surface area contributed by atoms with Crippen LogP contribution < -0.4 is 24.8 Å².